The van der Waals surface area contributed by atoms with Gasteiger partial charge in [-0.15, -0.1) is 0 Å². The molecule has 0 amide bonds. The van der Waals surface area contributed by atoms with Crippen LogP contribution in [0, 0.1) is 0 Å². The zero-order valence-corrected chi connectivity index (χ0v) is 19.7. The Morgan fingerprint density at radius 2 is 1.94 bits per heavy atom. The van der Waals surface area contributed by atoms with Crippen LogP contribution in [0.4, 0.5) is 0 Å². The SMILES string of the molecule is COc1c(O)c2c(c(-c3coc4cc(O)cc(O)c4c3=O)c1CC=C(C)C)CC(O)C(C)(C)O2. The van der Waals surface area contributed by atoms with Crippen LogP contribution < -0.4 is 14.9 Å². The predicted octanol–water partition coefficient (Wildman–Crippen LogP) is 4.17. The summed E-state index contributed by atoms with van der Waals surface area (Å²) in [6.07, 6.45) is 2.68. The third-order valence-corrected chi connectivity index (χ3v) is 6.18. The van der Waals surface area contributed by atoms with E-state index < -0.39 is 22.9 Å². The van der Waals surface area contributed by atoms with Crippen LogP contribution in [-0.2, 0) is 12.8 Å². The number of benzene rings is 2. The fraction of sp³-hybridized carbons (Fsp3) is 0.346. The third-order valence-electron chi connectivity index (χ3n) is 6.18. The van der Waals surface area contributed by atoms with E-state index in [9.17, 15) is 25.2 Å². The second-order valence-corrected chi connectivity index (χ2v) is 9.27. The van der Waals surface area contributed by atoms with Gasteiger partial charge in [0.15, 0.2) is 11.5 Å². The van der Waals surface area contributed by atoms with Gasteiger partial charge in [0.05, 0.1) is 18.8 Å². The molecule has 0 spiro atoms. The molecule has 1 aliphatic rings. The zero-order chi connectivity index (χ0) is 24.9. The van der Waals surface area contributed by atoms with E-state index in [1.807, 2.05) is 19.9 Å². The molecular weight excluding hydrogens is 440 g/mol. The Morgan fingerprint density at radius 3 is 2.59 bits per heavy atom. The van der Waals surface area contributed by atoms with Gasteiger partial charge in [-0.25, -0.2) is 0 Å². The van der Waals surface area contributed by atoms with Gasteiger partial charge >= 0.3 is 0 Å². The number of aliphatic hydroxyl groups excluding tert-OH is 1. The van der Waals surface area contributed by atoms with Gasteiger partial charge in [0.1, 0.15) is 34.3 Å². The average molecular weight is 469 g/mol. The summed E-state index contributed by atoms with van der Waals surface area (Å²) in [7, 11) is 1.41. The van der Waals surface area contributed by atoms with Crippen molar-refractivity contribution < 1.29 is 34.3 Å². The lowest BCUT2D eigenvalue weighted by Crippen LogP contribution is -2.46. The van der Waals surface area contributed by atoms with Crippen LogP contribution in [0.25, 0.3) is 22.1 Å². The second-order valence-electron chi connectivity index (χ2n) is 9.27. The number of fused-ring (bicyclic) bond motifs is 2. The van der Waals surface area contributed by atoms with Gasteiger partial charge in [-0.05, 0) is 34.1 Å². The molecule has 34 heavy (non-hydrogen) atoms. The van der Waals surface area contributed by atoms with E-state index in [1.165, 1.54) is 19.4 Å². The maximum Gasteiger partial charge on any atom is 0.204 e. The molecule has 180 valence electrons. The van der Waals surface area contributed by atoms with E-state index in [0.29, 0.717) is 23.1 Å². The van der Waals surface area contributed by atoms with E-state index in [2.05, 4.69) is 0 Å². The van der Waals surface area contributed by atoms with Crippen molar-refractivity contribution in [3.63, 3.8) is 0 Å². The van der Waals surface area contributed by atoms with Crippen LogP contribution in [0.3, 0.4) is 0 Å². The van der Waals surface area contributed by atoms with Crippen molar-refractivity contribution in [2.24, 2.45) is 0 Å². The van der Waals surface area contributed by atoms with Crippen molar-refractivity contribution in [1.82, 2.24) is 0 Å². The highest BCUT2D eigenvalue weighted by Crippen LogP contribution is 2.52. The van der Waals surface area contributed by atoms with E-state index >= 15 is 0 Å². The van der Waals surface area contributed by atoms with Gasteiger partial charge in [0.2, 0.25) is 11.2 Å². The molecule has 4 rings (SSSR count). The lowest BCUT2D eigenvalue weighted by atomic mass is 9.83. The van der Waals surface area contributed by atoms with Gasteiger partial charge in [0, 0.05) is 35.2 Å². The largest absolute Gasteiger partial charge is 0.508 e. The molecule has 0 fully saturated rings. The van der Waals surface area contributed by atoms with Gasteiger partial charge in [-0.1, -0.05) is 11.6 Å². The maximum atomic E-state index is 13.6. The first-order valence-electron chi connectivity index (χ1n) is 10.9. The molecule has 2 heterocycles. The van der Waals surface area contributed by atoms with Crippen molar-refractivity contribution in [1.29, 1.82) is 0 Å². The molecule has 8 nitrogen and oxygen atoms in total. The van der Waals surface area contributed by atoms with Crippen LogP contribution >= 0.6 is 0 Å². The fourth-order valence-corrected chi connectivity index (χ4v) is 4.31. The summed E-state index contributed by atoms with van der Waals surface area (Å²) in [5.74, 6) is -0.609. The Labute approximate surface area is 196 Å². The Kier molecular flexibility index (Phi) is 5.73. The molecule has 3 aromatic rings. The minimum atomic E-state index is -0.988. The van der Waals surface area contributed by atoms with Crippen molar-refractivity contribution >= 4 is 11.0 Å². The number of aromatic hydroxyl groups is 3. The highest BCUT2D eigenvalue weighted by Gasteiger charge is 2.41. The summed E-state index contributed by atoms with van der Waals surface area (Å²) in [4.78, 5) is 13.6. The lowest BCUT2D eigenvalue weighted by Gasteiger charge is -2.39. The molecule has 8 heteroatoms. The number of ether oxygens (including phenoxy) is 2. The first-order chi connectivity index (χ1) is 16.0. The summed E-state index contributed by atoms with van der Waals surface area (Å²) in [5.41, 5.74) is 0.975. The summed E-state index contributed by atoms with van der Waals surface area (Å²) in [5, 5.41) is 41.9. The summed E-state index contributed by atoms with van der Waals surface area (Å²) in [6, 6.07) is 2.31. The van der Waals surface area contributed by atoms with Gasteiger partial charge in [0.25, 0.3) is 0 Å². The topological polar surface area (TPSA) is 130 Å². The molecule has 1 unspecified atom stereocenters. The monoisotopic (exact) mass is 468 g/mol. The third kappa shape index (κ3) is 3.74. The Balaban J connectivity index is 2.14. The lowest BCUT2D eigenvalue weighted by molar-refractivity contribution is -0.0426. The molecule has 1 aliphatic heterocycles. The van der Waals surface area contributed by atoms with Gasteiger partial charge < -0.3 is 34.3 Å². The molecule has 0 saturated carbocycles. The van der Waals surface area contributed by atoms with Crippen LogP contribution in [-0.4, -0.2) is 39.2 Å². The van der Waals surface area contributed by atoms with Crippen LogP contribution in [0.2, 0.25) is 0 Å². The van der Waals surface area contributed by atoms with Crippen molar-refractivity contribution in [2.45, 2.75) is 52.2 Å². The molecule has 1 aromatic heterocycles. The Hall–Kier alpha value is -3.65. The fourth-order valence-electron chi connectivity index (χ4n) is 4.31. The minimum absolute atomic E-state index is 0.0223. The number of phenolic OH excluding ortho intramolecular Hbond substituents is 3. The minimum Gasteiger partial charge on any atom is -0.508 e. The number of hydrogen-bond acceptors (Lipinski definition) is 8. The van der Waals surface area contributed by atoms with Gasteiger partial charge in [-0.2, -0.15) is 0 Å². The number of aliphatic hydroxyl groups is 1. The van der Waals surface area contributed by atoms with Crippen molar-refractivity contribution in [2.75, 3.05) is 7.11 Å². The smallest absolute Gasteiger partial charge is 0.204 e. The molecule has 0 saturated heterocycles. The van der Waals surface area contributed by atoms with E-state index in [4.69, 9.17) is 13.9 Å². The Morgan fingerprint density at radius 1 is 1.24 bits per heavy atom. The first-order valence-corrected chi connectivity index (χ1v) is 10.9. The average Bonchev–Trinajstić information content (AvgIpc) is 2.74. The van der Waals surface area contributed by atoms with Crippen LogP contribution in [0.15, 0.2) is 39.3 Å². The quantitative estimate of drug-likeness (QED) is 0.420. The van der Waals surface area contributed by atoms with E-state index in [1.54, 1.807) is 13.8 Å². The molecule has 2 aromatic carbocycles. The second kappa shape index (κ2) is 8.29. The van der Waals surface area contributed by atoms with Crippen molar-refractivity contribution in [3.8, 4) is 39.9 Å². The summed E-state index contributed by atoms with van der Waals surface area (Å²) in [6.45, 7) is 7.26. The van der Waals surface area contributed by atoms with Crippen LogP contribution in [0.1, 0.15) is 38.8 Å². The number of methoxy groups -OCH3 is 1. The zero-order valence-electron chi connectivity index (χ0n) is 19.7. The molecule has 0 aliphatic carbocycles. The van der Waals surface area contributed by atoms with Crippen LogP contribution in [0.5, 0.6) is 28.7 Å². The number of hydrogen-bond donors (Lipinski definition) is 4. The molecular formula is C26H28O8. The van der Waals surface area contributed by atoms with Crippen molar-refractivity contribution in [3.05, 3.63) is 51.4 Å². The summed E-state index contributed by atoms with van der Waals surface area (Å²) < 4.78 is 17.2. The van der Waals surface area contributed by atoms with E-state index in [-0.39, 0.29) is 46.0 Å². The highest BCUT2D eigenvalue weighted by atomic mass is 16.5. The normalized spacial score (nSPS) is 16.6. The molecule has 1 atom stereocenters. The predicted molar refractivity (Wildman–Crippen MR) is 127 cm³/mol. The molecule has 4 N–H and O–H groups in total. The standard InChI is InChI=1S/C26H28O8/c1-12(2)6-7-14-20(16-11-33-18-9-13(27)8-17(28)21(18)22(16)30)15-10-19(29)26(3,4)34-25(15)23(31)24(14)32-5/h6,8-9,11,19,27-29,31H,7,10H2,1-5H3. The number of allylic oxidation sites excluding steroid dienone is 2. The first kappa shape index (κ1) is 23.5. The number of rotatable bonds is 4. The number of phenols is 3. The summed E-state index contributed by atoms with van der Waals surface area (Å²) >= 11 is 0. The molecule has 0 radical (unpaired) electrons. The van der Waals surface area contributed by atoms with E-state index in [0.717, 1.165) is 11.6 Å². The highest BCUT2D eigenvalue weighted by molar-refractivity contribution is 5.90. The maximum absolute atomic E-state index is 13.6. The van der Waals surface area contributed by atoms with Gasteiger partial charge in [-0.3, -0.25) is 4.79 Å². The molecule has 0 bridgehead atoms. The Bertz CT molecular complexity index is 1380.